The van der Waals surface area contributed by atoms with Gasteiger partial charge in [-0.15, -0.1) is 11.8 Å². The van der Waals surface area contributed by atoms with Gasteiger partial charge in [0.2, 0.25) is 5.89 Å². The molecule has 1 atom stereocenters. The first-order valence-corrected chi connectivity index (χ1v) is 7.94. The summed E-state index contributed by atoms with van der Waals surface area (Å²) in [7, 11) is 0. The van der Waals surface area contributed by atoms with Gasteiger partial charge < -0.3 is 9.84 Å². The van der Waals surface area contributed by atoms with Crippen molar-refractivity contribution in [3.63, 3.8) is 0 Å². The number of benzene rings is 1. The number of nitrogens with one attached hydrogen (secondary N) is 1. The topological polar surface area (TPSA) is 51.0 Å². The molecule has 1 unspecified atom stereocenters. The standard InChI is InChI=1S/C14H16ClN3OS/c1-14(5-6-16-9-14)13-17-12(18-19-13)8-20-11-4-2-3-10(15)7-11/h2-4,7,16H,5-6,8-9H2,1H3. The van der Waals surface area contributed by atoms with Crippen LogP contribution in [-0.2, 0) is 11.2 Å². The molecule has 0 amide bonds. The molecule has 1 aliphatic rings. The van der Waals surface area contributed by atoms with Crippen molar-refractivity contribution in [1.29, 1.82) is 0 Å². The Morgan fingerprint density at radius 2 is 2.40 bits per heavy atom. The number of rotatable bonds is 4. The highest BCUT2D eigenvalue weighted by Gasteiger charge is 2.36. The molecule has 1 aromatic heterocycles. The average Bonchev–Trinajstić information content (AvgIpc) is 3.06. The Bertz CT molecular complexity index is 596. The first kappa shape index (κ1) is 13.9. The Labute approximate surface area is 127 Å². The summed E-state index contributed by atoms with van der Waals surface area (Å²) in [5, 5.41) is 8.16. The lowest BCUT2D eigenvalue weighted by Gasteiger charge is -2.15. The molecule has 0 saturated carbocycles. The van der Waals surface area contributed by atoms with Gasteiger partial charge in [0.1, 0.15) is 0 Å². The maximum atomic E-state index is 5.97. The van der Waals surface area contributed by atoms with Gasteiger partial charge in [-0.3, -0.25) is 0 Å². The third-order valence-electron chi connectivity index (χ3n) is 3.52. The normalized spacial score (nSPS) is 22.3. The van der Waals surface area contributed by atoms with Crippen molar-refractivity contribution in [1.82, 2.24) is 15.5 Å². The molecule has 1 fully saturated rings. The predicted molar refractivity (Wildman–Crippen MR) is 80.1 cm³/mol. The minimum Gasteiger partial charge on any atom is -0.339 e. The number of nitrogens with zero attached hydrogens (tertiary/aromatic N) is 2. The number of halogens is 1. The first-order valence-electron chi connectivity index (χ1n) is 6.58. The van der Waals surface area contributed by atoms with E-state index in [0.29, 0.717) is 5.75 Å². The van der Waals surface area contributed by atoms with Gasteiger partial charge >= 0.3 is 0 Å². The van der Waals surface area contributed by atoms with E-state index in [1.54, 1.807) is 11.8 Å². The largest absolute Gasteiger partial charge is 0.339 e. The molecule has 1 saturated heterocycles. The highest BCUT2D eigenvalue weighted by atomic mass is 35.5. The van der Waals surface area contributed by atoms with Crippen LogP contribution in [0.5, 0.6) is 0 Å². The monoisotopic (exact) mass is 309 g/mol. The van der Waals surface area contributed by atoms with Gasteiger partial charge in [0, 0.05) is 16.5 Å². The van der Waals surface area contributed by atoms with E-state index in [1.165, 1.54) is 0 Å². The zero-order chi connectivity index (χ0) is 14.0. The molecule has 1 aliphatic heterocycles. The lowest BCUT2D eigenvalue weighted by molar-refractivity contribution is 0.305. The maximum absolute atomic E-state index is 5.97. The maximum Gasteiger partial charge on any atom is 0.233 e. The van der Waals surface area contributed by atoms with E-state index in [9.17, 15) is 0 Å². The fraction of sp³-hybridized carbons (Fsp3) is 0.429. The molecule has 0 spiro atoms. The molecule has 1 N–H and O–H groups in total. The van der Waals surface area contributed by atoms with Gasteiger partial charge in [-0.2, -0.15) is 4.98 Å². The Morgan fingerprint density at radius 1 is 1.50 bits per heavy atom. The fourth-order valence-corrected chi connectivity index (χ4v) is 3.31. The SMILES string of the molecule is CC1(c2nc(CSc3cccc(Cl)c3)no2)CCNC1. The van der Waals surface area contributed by atoms with Crippen molar-refractivity contribution in [2.45, 2.75) is 29.4 Å². The quantitative estimate of drug-likeness (QED) is 0.879. The van der Waals surface area contributed by atoms with Crippen LogP contribution in [0.3, 0.4) is 0 Å². The van der Waals surface area contributed by atoms with Crippen LogP contribution in [0, 0.1) is 0 Å². The second-order valence-electron chi connectivity index (χ2n) is 5.25. The summed E-state index contributed by atoms with van der Waals surface area (Å²) >= 11 is 7.62. The Morgan fingerprint density at radius 3 is 3.15 bits per heavy atom. The smallest absolute Gasteiger partial charge is 0.233 e. The summed E-state index contributed by atoms with van der Waals surface area (Å²) in [5.41, 5.74) is -0.0219. The molecular weight excluding hydrogens is 294 g/mol. The molecule has 2 aromatic rings. The molecule has 20 heavy (non-hydrogen) atoms. The summed E-state index contributed by atoms with van der Waals surface area (Å²) in [6.45, 7) is 4.07. The molecule has 1 aromatic carbocycles. The minimum absolute atomic E-state index is 0.0219. The number of thioether (sulfide) groups is 1. The van der Waals surface area contributed by atoms with Gasteiger partial charge in [-0.25, -0.2) is 0 Å². The third kappa shape index (κ3) is 3.00. The van der Waals surface area contributed by atoms with E-state index < -0.39 is 0 Å². The van der Waals surface area contributed by atoms with Crippen LogP contribution in [-0.4, -0.2) is 23.2 Å². The summed E-state index contributed by atoms with van der Waals surface area (Å²) in [5.74, 6) is 2.16. The van der Waals surface area contributed by atoms with Crippen LogP contribution >= 0.6 is 23.4 Å². The molecule has 3 rings (SSSR count). The molecule has 106 valence electrons. The van der Waals surface area contributed by atoms with E-state index in [4.69, 9.17) is 16.1 Å². The fourth-order valence-electron chi connectivity index (χ4n) is 2.26. The summed E-state index contributed by atoms with van der Waals surface area (Å²) in [6, 6.07) is 7.78. The second-order valence-corrected chi connectivity index (χ2v) is 6.73. The third-order valence-corrected chi connectivity index (χ3v) is 4.74. The Kier molecular flexibility index (Phi) is 4.01. The molecule has 0 aliphatic carbocycles. The second kappa shape index (κ2) is 5.76. The molecular formula is C14H16ClN3OS. The van der Waals surface area contributed by atoms with Gasteiger partial charge in [0.15, 0.2) is 5.82 Å². The van der Waals surface area contributed by atoms with Gasteiger partial charge in [0.25, 0.3) is 0 Å². The zero-order valence-corrected chi connectivity index (χ0v) is 12.8. The number of hydrogen-bond acceptors (Lipinski definition) is 5. The minimum atomic E-state index is -0.0219. The molecule has 2 heterocycles. The van der Waals surface area contributed by atoms with Gasteiger partial charge in [-0.05, 0) is 38.1 Å². The van der Waals surface area contributed by atoms with Crippen LogP contribution in [0.25, 0.3) is 0 Å². The first-order chi connectivity index (χ1) is 9.66. The average molecular weight is 310 g/mol. The molecule has 0 radical (unpaired) electrons. The van der Waals surface area contributed by atoms with Crippen LogP contribution in [0.15, 0.2) is 33.7 Å². The number of hydrogen-bond donors (Lipinski definition) is 1. The van der Waals surface area contributed by atoms with Crippen molar-refractivity contribution in [2.75, 3.05) is 13.1 Å². The predicted octanol–water partition coefficient (Wildman–Crippen LogP) is 3.27. The lowest BCUT2D eigenvalue weighted by atomic mass is 9.90. The van der Waals surface area contributed by atoms with Gasteiger partial charge in [-0.1, -0.05) is 22.8 Å². The van der Waals surface area contributed by atoms with Crippen molar-refractivity contribution in [2.24, 2.45) is 0 Å². The van der Waals surface area contributed by atoms with Crippen LogP contribution < -0.4 is 5.32 Å². The van der Waals surface area contributed by atoms with Gasteiger partial charge in [0.05, 0.1) is 11.2 Å². The summed E-state index contributed by atoms with van der Waals surface area (Å²) < 4.78 is 5.42. The van der Waals surface area contributed by atoms with E-state index >= 15 is 0 Å². The summed E-state index contributed by atoms with van der Waals surface area (Å²) in [6.07, 6.45) is 1.04. The Hall–Kier alpha value is -1.04. The van der Waals surface area contributed by atoms with E-state index in [2.05, 4.69) is 22.4 Å². The Balaban J connectivity index is 1.65. The van der Waals surface area contributed by atoms with E-state index in [1.807, 2.05) is 24.3 Å². The van der Waals surface area contributed by atoms with Crippen molar-refractivity contribution < 1.29 is 4.52 Å². The number of aromatic nitrogens is 2. The van der Waals surface area contributed by atoms with Crippen LogP contribution in [0.2, 0.25) is 5.02 Å². The van der Waals surface area contributed by atoms with E-state index in [0.717, 1.165) is 41.1 Å². The molecule has 6 heteroatoms. The van der Waals surface area contributed by atoms with Crippen LogP contribution in [0.1, 0.15) is 25.1 Å². The molecule has 0 bridgehead atoms. The summed E-state index contributed by atoms with van der Waals surface area (Å²) in [4.78, 5) is 5.64. The van der Waals surface area contributed by atoms with Crippen LogP contribution in [0.4, 0.5) is 0 Å². The van der Waals surface area contributed by atoms with Crippen molar-refractivity contribution in [3.05, 3.63) is 41.0 Å². The lowest BCUT2D eigenvalue weighted by Crippen LogP contribution is -2.25. The zero-order valence-electron chi connectivity index (χ0n) is 11.2. The van der Waals surface area contributed by atoms with Crippen molar-refractivity contribution >= 4 is 23.4 Å². The van der Waals surface area contributed by atoms with E-state index in [-0.39, 0.29) is 5.41 Å². The highest BCUT2D eigenvalue weighted by Crippen LogP contribution is 2.30. The highest BCUT2D eigenvalue weighted by molar-refractivity contribution is 7.98. The van der Waals surface area contributed by atoms with Crippen molar-refractivity contribution in [3.8, 4) is 0 Å². The molecule has 4 nitrogen and oxygen atoms in total.